The third-order valence-corrected chi connectivity index (χ3v) is 3.95. The van der Waals surface area contributed by atoms with Crippen molar-refractivity contribution in [2.45, 2.75) is 4.90 Å². The fourth-order valence-corrected chi connectivity index (χ4v) is 2.35. The van der Waals surface area contributed by atoms with Crippen molar-refractivity contribution in [3.8, 4) is 0 Å². The third kappa shape index (κ3) is 4.63. The summed E-state index contributed by atoms with van der Waals surface area (Å²) in [6.07, 6.45) is 1.62. The second-order valence-electron chi connectivity index (χ2n) is 3.99. The van der Waals surface area contributed by atoms with E-state index in [1.807, 2.05) is 0 Å². The molecule has 110 valence electrons. The Kier molecular flexibility index (Phi) is 6.19. The van der Waals surface area contributed by atoms with Crippen LogP contribution in [0.25, 0.3) is 0 Å². The van der Waals surface area contributed by atoms with Gasteiger partial charge in [0.15, 0.2) is 0 Å². The average Bonchev–Trinajstić information content (AvgIpc) is 2.42. The SMILES string of the molecule is C=CCN(CCOC)C(=O)c1ccc(S(=O)(=O)Cl)cc1. The molecule has 5 nitrogen and oxygen atoms in total. The Balaban J connectivity index is 2.91. The first-order valence-electron chi connectivity index (χ1n) is 5.84. The van der Waals surface area contributed by atoms with Gasteiger partial charge in [-0.1, -0.05) is 6.08 Å². The molecule has 1 rings (SSSR count). The number of amides is 1. The molecule has 1 amide bonds. The number of carbonyl (C=O) groups excluding carboxylic acids is 1. The topological polar surface area (TPSA) is 63.7 Å². The highest BCUT2D eigenvalue weighted by Gasteiger charge is 2.16. The van der Waals surface area contributed by atoms with Crippen LogP contribution in [0.2, 0.25) is 0 Å². The van der Waals surface area contributed by atoms with Crippen molar-refractivity contribution >= 4 is 25.6 Å². The molecule has 0 radical (unpaired) electrons. The monoisotopic (exact) mass is 317 g/mol. The number of rotatable bonds is 7. The number of halogens is 1. The van der Waals surface area contributed by atoms with E-state index in [-0.39, 0.29) is 10.8 Å². The lowest BCUT2D eigenvalue weighted by molar-refractivity contribution is 0.0718. The Morgan fingerprint density at radius 2 is 2.00 bits per heavy atom. The van der Waals surface area contributed by atoms with E-state index in [0.29, 0.717) is 25.3 Å². The minimum Gasteiger partial charge on any atom is -0.383 e. The van der Waals surface area contributed by atoms with Gasteiger partial charge in [0, 0.05) is 36.4 Å². The predicted octanol–water partition coefficient (Wildman–Crippen LogP) is 1.89. The summed E-state index contributed by atoms with van der Waals surface area (Å²) in [4.78, 5) is 13.8. The minimum atomic E-state index is -3.78. The molecule has 0 N–H and O–H groups in total. The van der Waals surface area contributed by atoms with Gasteiger partial charge in [-0.2, -0.15) is 0 Å². The summed E-state index contributed by atoms with van der Waals surface area (Å²) in [6, 6.07) is 5.47. The number of carbonyl (C=O) groups is 1. The van der Waals surface area contributed by atoms with Crippen molar-refractivity contribution in [1.29, 1.82) is 0 Å². The normalized spacial score (nSPS) is 11.1. The lowest BCUT2D eigenvalue weighted by Gasteiger charge is -2.20. The Hall–Kier alpha value is -1.37. The van der Waals surface area contributed by atoms with E-state index >= 15 is 0 Å². The predicted molar refractivity (Wildman–Crippen MR) is 77.5 cm³/mol. The van der Waals surface area contributed by atoms with Gasteiger partial charge in [-0.15, -0.1) is 6.58 Å². The Morgan fingerprint density at radius 3 is 2.45 bits per heavy atom. The van der Waals surface area contributed by atoms with Crippen LogP contribution >= 0.6 is 10.7 Å². The molecular weight excluding hydrogens is 302 g/mol. The van der Waals surface area contributed by atoms with Crippen LogP contribution in [0.3, 0.4) is 0 Å². The molecule has 0 saturated heterocycles. The Bertz CT molecular complexity index is 569. The number of benzene rings is 1. The summed E-state index contributed by atoms with van der Waals surface area (Å²) in [5.74, 6) is -0.222. The van der Waals surface area contributed by atoms with Crippen LogP contribution in [-0.2, 0) is 13.8 Å². The Labute approximate surface area is 123 Å². The van der Waals surface area contributed by atoms with Crippen molar-refractivity contribution in [3.63, 3.8) is 0 Å². The molecule has 20 heavy (non-hydrogen) atoms. The molecule has 0 aliphatic heterocycles. The summed E-state index contributed by atoms with van der Waals surface area (Å²) in [5, 5.41) is 0. The van der Waals surface area contributed by atoms with E-state index in [2.05, 4.69) is 6.58 Å². The third-order valence-electron chi connectivity index (χ3n) is 2.58. The first-order valence-corrected chi connectivity index (χ1v) is 8.15. The second kappa shape index (κ2) is 7.42. The van der Waals surface area contributed by atoms with Crippen molar-refractivity contribution in [2.75, 3.05) is 26.8 Å². The van der Waals surface area contributed by atoms with Crippen molar-refractivity contribution in [2.24, 2.45) is 0 Å². The highest BCUT2D eigenvalue weighted by Crippen LogP contribution is 2.16. The maximum Gasteiger partial charge on any atom is 0.261 e. The number of methoxy groups -OCH3 is 1. The van der Waals surface area contributed by atoms with Crippen molar-refractivity contribution < 1.29 is 17.9 Å². The largest absolute Gasteiger partial charge is 0.383 e. The molecule has 7 heteroatoms. The number of nitrogens with zero attached hydrogens (tertiary/aromatic N) is 1. The molecule has 0 spiro atoms. The zero-order valence-electron chi connectivity index (χ0n) is 11.1. The fourth-order valence-electron chi connectivity index (χ4n) is 1.58. The van der Waals surface area contributed by atoms with E-state index < -0.39 is 9.05 Å². The standard InChI is InChI=1S/C13H16ClNO4S/c1-3-8-15(9-10-19-2)13(16)11-4-6-12(7-5-11)20(14,17)18/h3-7H,1,8-10H2,2H3. The van der Waals surface area contributed by atoms with E-state index in [1.54, 1.807) is 18.1 Å². The lowest BCUT2D eigenvalue weighted by Crippen LogP contribution is -2.34. The smallest absolute Gasteiger partial charge is 0.261 e. The molecule has 0 saturated carbocycles. The summed E-state index contributed by atoms with van der Waals surface area (Å²) in [7, 11) is 2.99. The van der Waals surface area contributed by atoms with E-state index in [0.717, 1.165) is 0 Å². The number of hydrogen-bond donors (Lipinski definition) is 0. The molecule has 0 heterocycles. The van der Waals surface area contributed by atoms with Crippen LogP contribution in [0, 0.1) is 0 Å². The first kappa shape index (κ1) is 16.7. The lowest BCUT2D eigenvalue weighted by atomic mass is 10.2. The molecule has 0 fully saturated rings. The van der Waals surface area contributed by atoms with Gasteiger partial charge in [0.1, 0.15) is 0 Å². The van der Waals surface area contributed by atoms with Crippen molar-refractivity contribution in [3.05, 3.63) is 42.5 Å². The number of hydrogen-bond acceptors (Lipinski definition) is 4. The van der Waals surface area contributed by atoms with Crippen LogP contribution < -0.4 is 0 Å². The van der Waals surface area contributed by atoms with Gasteiger partial charge in [0.2, 0.25) is 0 Å². The molecule has 0 atom stereocenters. The molecule has 0 unspecified atom stereocenters. The van der Waals surface area contributed by atoms with Crippen LogP contribution in [0.1, 0.15) is 10.4 Å². The molecule has 0 aliphatic carbocycles. The van der Waals surface area contributed by atoms with Gasteiger partial charge in [0.05, 0.1) is 11.5 Å². The van der Waals surface area contributed by atoms with Gasteiger partial charge in [-0.3, -0.25) is 4.79 Å². The fraction of sp³-hybridized carbons (Fsp3) is 0.308. The van der Waals surface area contributed by atoms with Crippen LogP contribution in [0.5, 0.6) is 0 Å². The van der Waals surface area contributed by atoms with Gasteiger partial charge in [-0.05, 0) is 24.3 Å². The summed E-state index contributed by atoms with van der Waals surface area (Å²) in [5.41, 5.74) is 0.381. The highest BCUT2D eigenvalue weighted by molar-refractivity contribution is 8.13. The van der Waals surface area contributed by atoms with Crippen LogP contribution in [0.4, 0.5) is 0 Å². The average molecular weight is 318 g/mol. The van der Waals surface area contributed by atoms with E-state index in [9.17, 15) is 13.2 Å². The van der Waals surface area contributed by atoms with Crippen molar-refractivity contribution in [1.82, 2.24) is 4.90 Å². The van der Waals surface area contributed by atoms with Crippen LogP contribution in [-0.4, -0.2) is 46.0 Å². The zero-order chi connectivity index (χ0) is 15.2. The first-order chi connectivity index (χ1) is 9.40. The number of ether oxygens (including phenoxy) is 1. The van der Waals surface area contributed by atoms with Gasteiger partial charge < -0.3 is 9.64 Å². The van der Waals surface area contributed by atoms with Gasteiger partial charge in [0.25, 0.3) is 15.0 Å². The highest BCUT2D eigenvalue weighted by atomic mass is 35.7. The maximum atomic E-state index is 12.2. The van der Waals surface area contributed by atoms with Crippen LogP contribution in [0.15, 0.2) is 41.8 Å². The second-order valence-corrected chi connectivity index (χ2v) is 6.56. The van der Waals surface area contributed by atoms with E-state index in [4.69, 9.17) is 15.4 Å². The summed E-state index contributed by atoms with van der Waals surface area (Å²) >= 11 is 0. The quantitative estimate of drug-likeness (QED) is 0.569. The zero-order valence-corrected chi connectivity index (χ0v) is 12.7. The molecule has 0 aromatic heterocycles. The molecular formula is C13H16ClNO4S. The van der Waals surface area contributed by atoms with Gasteiger partial charge >= 0.3 is 0 Å². The minimum absolute atomic E-state index is 0.0390. The van der Waals surface area contributed by atoms with Gasteiger partial charge in [-0.25, -0.2) is 8.42 Å². The summed E-state index contributed by atoms with van der Waals surface area (Å²) < 4.78 is 27.2. The Morgan fingerprint density at radius 1 is 1.40 bits per heavy atom. The molecule has 0 aliphatic rings. The molecule has 1 aromatic carbocycles. The maximum absolute atomic E-state index is 12.2. The summed E-state index contributed by atoms with van der Waals surface area (Å²) in [6.45, 7) is 4.82. The van der Waals surface area contributed by atoms with E-state index in [1.165, 1.54) is 24.3 Å². The molecule has 1 aromatic rings. The molecule has 0 bridgehead atoms.